The minimum atomic E-state index is -0.400. The summed E-state index contributed by atoms with van der Waals surface area (Å²) in [4.78, 5) is 0. The number of rotatable bonds is 2. The summed E-state index contributed by atoms with van der Waals surface area (Å²) in [5.74, 6) is 0. The Bertz CT molecular complexity index is 328. The Kier molecular flexibility index (Phi) is 2.64. The molecule has 0 bridgehead atoms. The first-order chi connectivity index (χ1) is 6.63. The summed E-state index contributed by atoms with van der Waals surface area (Å²) in [5, 5.41) is 13.4. The lowest BCUT2D eigenvalue weighted by Gasteiger charge is -2.20. The zero-order valence-electron chi connectivity index (χ0n) is 7.86. The minimum absolute atomic E-state index is 0.0614. The zero-order chi connectivity index (χ0) is 10.2. The van der Waals surface area contributed by atoms with E-state index in [1.807, 2.05) is 10.9 Å². The highest BCUT2D eigenvalue weighted by Gasteiger charge is 2.36. The van der Waals surface area contributed by atoms with Crippen molar-refractivity contribution in [2.75, 3.05) is 6.61 Å². The molecule has 1 fully saturated rings. The van der Waals surface area contributed by atoms with Crippen LogP contribution in [0.15, 0.2) is 16.9 Å². The number of hydrogen-bond donors (Lipinski definition) is 2. The van der Waals surface area contributed by atoms with Gasteiger partial charge in [0.1, 0.15) is 0 Å². The third-order valence-electron chi connectivity index (χ3n) is 2.88. The molecule has 0 radical (unpaired) electrons. The highest BCUT2D eigenvalue weighted by Crippen LogP contribution is 2.35. The van der Waals surface area contributed by atoms with Crippen LogP contribution in [0, 0.1) is 0 Å². The van der Waals surface area contributed by atoms with Crippen molar-refractivity contribution < 1.29 is 5.11 Å². The van der Waals surface area contributed by atoms with Gasteiger partial charge in [0.25, 0.3) is 0 Å². The van der Waals surface area contributed by atoms with Gasteiger partial charge in [0.15, 0.2) is 0 Å². The summed E-state index contributed by atoms with van der Waals surface area (Å²) in [7, 11) is 0. The summed E-state index contributed by atoms with van der Waals surface area (Å²) >= 11 is 3.36. The highest BCUT2D eigenvalue weighted by atomic mass is 79.9. The highest BCUT2D eigenvalue weighted by molar-refractivity contribution is 9.10. The van der Waals surface area contributed by atoms with Crippen molar-refractivity contribution in [2.24, 2.45) is 5.73 Å². The van der Waals surface area contributed by atoms with E-state index in [9.17, 15) is 0 Å². The van der Waals surface area contributed by atoms with Gasteiger partial charge < -0.3 is 10.8 Å². The molecule has 1 saturated carbocycles. The molecule has 0 spiro atoms. The fraction of sp³-hybridized carbons (Fsp3) is 0.667. The Balaban J connectivity index is 2.09. The van der Waals surface area contributed by atoms with E-state index in [4.69, 9.17) is 10.8 Å². The molecule has 2 atom stereocenters. The Hall–Kier alpha value is -0.390. The Labute approximate surface area is 91.2 Å². The van der Waals surface area contributed by atoms with Crippen LogP contribution in [0.3, 0.4) is 0 Å². The summed E-state index contributed by atoms with van der Waals surface area (Å²) in [6.07, 6.45) is 6.39. The van der Waals surface area contributed by atoms with Crippen LogP contribution in [-0.4, -0.2) is 27.0 Å². The Morgan fingerprint density at radius 3 is 3.07 bits per heavy atom. The van der Waals surface area contributed by atoms with Gasteiger partial charge in [-0.05, 0) is 35.2 Å². The van der Waals surface area contributed by atoms with Gasteiger partial charge in [0, 0.05) is 11.7 Å². The first-order valence-electron chi connectivity index (χ1n) is 4.72. The second-order valence-electron chi connectivity index (χ2n) is 4.06. The lowest BCUT2D eigenvalue weighted by molar-refractivity contribution is 0.195. The van der Waals surface area contributed by atoms with Crippen LogP contribution < -0.4 is 5.73 Å². The topological polar surface area (TPSA) is 64.1 Å². The monoisotopic (exact) mass is 259 g/mol. The van der Waals surface area contributed by atoms with E-state index < -0.39 is 5.54 Å². The largest absolute Gasteiger partial charge is 0.394 e. The number of aliphatic hydroxyl groups excluding tert-OH is 1. The van der Waals surface area contributed by atoms with Crippen molar-refractivity contribution in [3.8, 4) is 0 Å². The molecular formula is C9H14BrN3O. The molecule has 14 heavy (non-hydrogen) atoms. The predicted octanol–water partition coefficient (Wildman–Crippen LogP) is 1.06. The Morgan fingerprint density at radius 1 is 1.79 bits per heavy atom. The van der Waals surface area contributed by atoms with Crippen molar-refractivity contribution in [3.05, 3.63) is 16.9 Å². The van der Waals surface area contributed by atoms with Crippen LogP contribution in [0.2, 0.25) is 0 Å². The predicted molar refractivity (Wildman–Crippen MR) is 56.8 cm³/mol. The smallest absolute Gasteiger partial charge is 0.0632 e. The first kappa shape index (κ1) is 10.1. The lowest BCUT2D eigenvalue weighted by Crippen LogP contribution is -2.40. The van der Waals surface area contributed by atoms with Crippen molar-refractivity contribution in [1.29, 1.82) is 0 Å². The molecule has 2 rings (SSSR count). The molecule has 1 aromatic heterocycles. The van der Waals surface area contributed by atoms with Crippen molar-refractivity contribution in [3.63, 3.8) is 0 Å². The van der Waals surface area contributed by atoms with E-state index in [1.54, 1.807) is 6.20 Å². The van der Waals surface area contributed by atoms with Gasteiger partial charge >= 0.3 is 0 Å². The average Bonchev–Trinajstić information content (AvgIpc) is 2.73. The lowest BCUT2D eigenvalue weighted by atomic mass is 10.0. The van der Waals surface area contributed by atoms with Gasteiger partial charge in [-0.2, -0.15) is 5.10 Å². The van der Waals surface area contributed by atoms with E-state index >= 15 is 0 Å². The SMILES string of the molecule is NC1(CO)CCC(n2cc(Br)cn2)C1. The maximum absolute atomic E-state index is 9.13. The van der Waals surface area contributed by atoms with E-state index in [0.717, 1.165) is 23.7 Å². The van der Waals surface area contributed by atoms with Crippen molar-refractivity contribution in [2.45, 2.75) is 30.8 Å². The molecule has 0 saturated heterocycles. The van der Waals surface area contributed by atoms with Gasteiger partial charge in [0.2, 0.25) is 0 Å². The minimum Gasteiger partial charge on any atom is -0.394 e. The third kappa shape index (κ3) is 1.85. The number of aromatic nitrogens is 2. The molecule has 3 N–H and O–H groups in total. The average molecular weight is 260 g/mol. The van der Waals surface area contributed by atoms with Crippen LogP contribution in [-0.2, 0) is 0 Å². The molecule has 0 aliphatic heterocycles. The number of nitrogens with zero attached hydrogens (tertiary/aromatic N) is 2. The van der Waals surface area contributed by atoms with Gasteiger partial charge in [-0.25, -0.2) is 0 Å². The molecule has 1 heterocycles. The summed E-state index contributed by atoms with van der Waals surface area (Å²) in [6, 6.07) is 0.332. The quantitative estimate of drug-likeness (QED) is 0.835. The normalized spacial score (nSPS) is 32.4. The molecule has 1 aliphatic rings. The van der Waals surface area contributed by atoms with Gasteiger partial charge in [-0.15, -0.1) is 0 Å². The van der Waals surface area contributed by atoms with Crippen LogP contribution in [0.5, 0.6) is 0 Å². The van der Waals surface area contributed by atoms with E-state index in [1.165, 1.54) is 0 Å². The van der Waals surface area contributed by atoms with E-state index in [2.05, 4.69) is 21.0 Å². The van der Waals surface area contributed by atoms with E-state index in [0.29, 0.717) is 6.04 Å². The third-order valence-corrected chi connectivity index (χ3v) is 3.29. The fourth-order valence-corrected chi connectivity index (χ4v) is 2.31. The van der Waals surface area contributed by atoms with Gasteiger partial charge in [0.05, 0.1) is 23.3 Å². The summed E-state index contributed by atoms with van der Waals surface area (Å²) in [5.41, 5.74) is 5.59. The summed E-state index contributed by atoms with van der Waals surface area (Å²) < 4.78 is 2.91. The van der Waals surface area contributed by atoms with Gasteiger partial charge in [-0.1, -0.05) is 0 Å². The van der Waals surface area contributed by atoms with Crippen LogP contribution in [0.4, 0.5) is 0 Å². The molecule has 5 heteroatoms. The molecule has 2 unspecified atom stereocenters. The van der Waals surface area contributed by atoms with Crippen LogP contribution in [0.1, 0.15) is 25.3 Å². The molecule has 4 nitrogen and oxygen atoms in total. The van der Waals surface area contributed by atoms with Crippen LogP contribution in [0.25, 0.3) is 0 Å². The number of halogens is 1. The molecule has 78 valence electrons. The fourth-order valence-electron chi connectivity index (χ4n) is 2.01. The first-order valence-corrected chi connectivity index (χ1v) is 5.52. The number of hydrogen-bond acceptors (Lipinski definition) is 3. The maximum Gasteiger partial charge on any atom is 0.0632 e. The van der Waals surface area contributed by atoms with Gasteiger partial charge in [-0.3, -0.25) is 4.68 Å². The standard InChI is InChI=1S/C9H14BrN3O/c10-7-4-12-13(5-7)8-1-2-9(11,3-8)6-14/h4-5,8,14H,1-3,6,11H2. The molecule has 1 aliphatic carbocycles. The van der Waals surface area contributed by atoms with E-state index in [-0.39, 0.29) is 6.61 Å². The number of aliphatic hydroxyl groups is 1. The second-order valence-corrected chi connectivity index (χ2v) is 4.97. The number of nitrogens with two attached hydrogens (primary N) is 1. The summed E-state index contributed by atoms with van der Waals surface area (Å²) in [6.45, 7) is 0.0614. The Morgan fingerprint density at radius 2 is 2.57 bits per heavy atom. The maximum atomic E-state index is 9.13. The molecule has 0 amide bonds. The van der Waals surface area contributed by atoms with Crippen LogP contribution >= 0.6 is 15.9 Å². The van der Waals surface area contributed by atoms with Crippen molar-refractivity contribution in [1.82, 2.24) is 9.78 Å². The molecule has 1 aromatic rings. The molecular weight excluding hydrogens is 246 g/mol. The van der Waals surface area contributed by atoms with Crippen molar-refractivity contribution >= 4 is 15.9 Å². The second kappa shape index (κ2) is 3.64. The molecule has 0 aromatic carbocycles. The zero-order valence-corrected chi connectivity index (χ0v) is 9.44.